The van der Waals surface area contributed by atoms with Crippen LogP contribution in [0.15, 0.2) is 23.3 Å². The van der Waals surface area contributed by atoms with Gasteiger partial charge in [0.05, 0.1) is 0 Å². The maximum absolute atomic E-state index is 2.80. The standard InChI is InChI=1S/C29H48/c1-8-20(3)18-27(5)16-17-28(6)22(19-27)10-11-23-25-13-12-24(21(4)9-2)29(25,7)15-14-26(23)28/h9,14,20,22-25H,8,10-13,15-19H2,1-7H3/b21-9+/t20-,22+,23+,24-,25+,27-,28?,29-/m1/s1. The number of allylic oxidation sites excluding steroid dienone is 4. The highest BCUT2D eigenvalue weighted by Gasteiger charge is 2.58. The van der Waals surface area contributed by atoms with E-state index in [0.29, 0.717) is 16.2 Å². The molecule has 4 aliphatic rings. The number of rotatable bonds is 4. The fourth-order valence-corrected chi connectivity index (χ4v) is 8.92. The van der Waals surface area contributed by atoms with E-state index in [-0.39, 0.29) is 0 Å². The monoisotopic (exact) mass is 396 g/mol. The van der Waals surface area contributed by atoms with Gasteiger partial charge in [-0.15, -0.1) is 0 Å². The molecule has 4 aliphatic carbocycles. The SMILES string of the molecule is C/C=C(\C)[C@H]1CC[C@H]2[C@@H]3CC[C@H]4C[C@@](C)(C[C@H](C)CC)CCC4(C)C3=CC[C@]12C. The number of hydrogen-bond donors (Lipinski definition) is 0. The topological polar surface area (TPSA) is 0 Å². The van der Waals surface area contributed by atoms with Crippen LogP contribution in [0, 0.1) is 45.8 Å². The lowest BCUT2D eigenvalue weighted by atomic mass is 9.46. The molecule has 164 valence electrons. The molecule has 3 saturated carbocycles. The van der Waals surface area contributed by atoms with E-state index in [1.165, 1.54) is 64.2 Å². The molecular weight excluding hydrogens is 348 g/mol. The number of fused-ring (bicyclic) bond motifs is 5. The molecule has 0 N–H and O–H groups in total. The largest absolute Gasteiger partial charge is 0.0884 e. The van der Waals surface area contributed by atoms with Crippen LogP contribution >= 0.6 is 0 Å². The van der Waals surface area contributed by atoms with E-state index in [2.05, 4.69) is 60.6 Å². The van der Waals surface area contributed by atoms with Crippen LogP contribution in [0.25, 0.3) is 0 Å². The Morgan fingerprint density at radius 1 is 1.14 bits per heavy atom. The van der Waals surface area contributed by atoms with E-state index < -0.39 is 0 Å². The molecule has 0 amide bonds. The summed E-state index contributed by atoms with van der Waals surface area (Å²) >= 11 is 0. The first kappa shape index (κ1) is 21.7. The third-order valence-corrected chi connectivity index (χ3v) is 11.0. The van der Waals surface area contributed by atoms with Gasteiger partial charge in [0.2, 0.25) is 0 Å². The minimum atomic E-state index is 0.507. The van der Waals surface area contributed by atoms with E-state index >= 15 is 0 Å². The Balaban J connectivity index is 1.58. The summed E-state index contributed by atoms with van der Waals surface area (Å²) in [6, 6.07) is 0. The van der Waals surface area contributed by atoms with Gasteiger partial charge >= 0.3 is 0 Å². The zero-order valence-electron chi connectivity index (χ0n) is 20.6. The van der Waals surface area contributed by atoms with E-state index in [1.807, 2.05) is 5.57 Å². The second kappa shape index (κ2) is 7.56. The van der Waals surface area contributed by atoms with E-state index in [0.717, 1.165) is 29.6 Å². The Morgan fingerprint density at radius 3 is 2.59 bits per heavy atom. The molecule has 0 aromatic carbocycles. The van der Waals surface area contributed by atoms with Crippen molar-refractivity contribution >= 4 is 0 Å². The summed E-state index contributed by atoms with van der Waals surface area (Å²) in [5.74, 6) is 4.48. The average Bonchev–Trinajstić information content (AvgIpc) is 3.05. The molecule has 1 unspecified atom stereocenters. The maximum atomic E-state index is 2.80. The molecule has 0 nitrogen and oxygen atoms in total. The fourth-order valence-electron chi connectivity index (χ4n) is 8.92. The molecule has 0 saturated heterocycles. The van der Waals surface area contributed by atoms with E-state index in [9.17, 15) is 0 Å². The van der Waals surface area contributed by atoms with Crippen LogP contribution < -0.4 is 0 Å². The van der Waals surface area contributed by atoms with Gasteiger partial charge in [0.15, 0.2) is 0 Å². The Morgan fingerprint density at radius 2 is 1.90 bits per heavy atom. The van der Waals surface area contributed by atoms with Crippen LogP contribution in [-0.2, 0) is 0 Å². The van der Waals surface area contributed by atoms with Crippen molar-refractivity contribution in [2.45, 2.75) is 113 Å². The van der Waals surface area contributed by atoms with Crippen molar-refractivity contribution in [2.24, 2.45) is 45.8 Å². The van der Waals surface area contributed by atoms with Crippen molar-refractivity contribution in [1.29, 1.82) is 0 Å². The molecule has 8 atom stereocenters. The smallest absolute Gasteiger partial charge is 0.00849 e. The average molecular weight is 397 g/mol. The lowest BCUT2D eigenvalue weighted by Crippen LogP contribution is -2.49. The Labute approximate surface area is 182 Å². The summed E-state index contributed by atoms with van der Waals surface area (Å²) < 4.78 is 0. The van der Waals surface area contributed by atoms with Crippen LogP contribution in [0.4, 0.5) is 0 Å². The van der Waals surface area contributed by atoms with Gasteiger partial charge in [0.1, 0.15) is 0 Å². The lowest BCUT2D eigenvalue weighted by Gasteiger charge is -2.59. The molecule has 0 heteroatoms. The molecule has 0 aromatic heterocycles. The van der Waals surface area contributed by atoms with Crippen LogP contribution in [0.1, 0.15) is 113 Å². The second-order valence-electron chi connectivity index (χ2n) is 12.7. The van der Waals surface area contributed by atoms with Crippen molar-refractivity contribution in [3.63, 3.8) is 0 Å². The highest BCUT2D eigenvalue weighted by atomic mass is 14.6. The lowest BCUT2D eigenvalue weighted by molar-refractivity contribution is -0.0135. The van der Waals surface area contributed by atoms with Crippen LogP contribution in [-0.4, -0.2) is 0 Å². The third kappa shape index (κ3) is 3.40. The van der Waals surface area contributed by atoms with Gasteiger partial charge in [0, 0.05) is 0 Å². The molecule has 0 spiro atoms. The summed E-state index contributed by atoms with van der Waals surface area (Å²) in [7, 11) is 0. The Bertz CT molecular complexity index is 682. The van der Waals surface area contributed by atoms with Crippen molar-refractivity contribution in [3.8, 4) is 0 Å². The van der Waals surface area contributed by atoms with Crippen molar-refractivity contribution in [1.82, 2.24) is 0 Å². The maximum Gasteiger partial charge on any atom is -0.00849 e. The van der Waals surface area contributed by atoms with Gasteiger partial charge in [-0.1, -0.05) is 64.3 Å². The van der Waals surface area contributed by atoms with Gasteiger partial charge in [-0.25, -0.2) is 0 Å². The van der Waals surface area contributed by atoms with Crippen molar-refractivity contribution in [2.75, 3.05) is 0 Å². The van der Waals surface area contributed by atoms with Crippen molar-refractivity contribution < 1.29 is 0 Å². The zero-order valence-corrected chi connectivity index (χ0v) is 20.6. The predicted molar refractivity (Wildman–Crippen MR) is 127 cm³/mol. The zero-order chi connectivity index (χ0) is 21.0. The minimum Gasteiger partial charge on any atom is -0.0884 e. The molecular formula is C29H48. The van der Waals surface area contributed by atoms with Gasteiger partial charge in [0.25, 0.3) is 0 Å². The first-order valence-corrected chi connectivity index (χ1v) is 13.0. The molecule has 0 aliphatic heterocycles. The van der Waals surface area contributed by atoms with Crippen LogP contribution in [0.3, 0.4) is 0 Å². The molecule has 0 bridgehead atoms. The first-order chi connectivity index (χ1) is 13.7. The van der Waals surface area contributed by atoms with Gasteiger partial charge in [-0.05, 0) is 117 Å². The predicted octanol–water partition coefficient (Wildman–Crippen LogP) is 8.97. The fraction of sp³-hybridized carbons (Fsp3) is 0.862. The Kier molecular flexibility index (Phi) is 5.66. The summed E-state index contributed by atoms with van der Waals surface area (Å²) in [6.45, 7) is 17.5. The summed E-state index contributed by atoms with van der Waals surface area (Å²) in [5.41, 5.74) is 5.21. The summed E-state index contributed by atoms with van der Waals surface area (Å²) in [5, 5.41) is 0. The normalized spacial score (nSPS) is 48.4. The quantitative estimate of drug-likeness (QED) is 0.416. The second-order valence-corrected chi connectivity index (χ2v) is 12.7. The van der Waals surface area contributed by atoms with Gasteiger partial charge in [-0.2, -0.15) is 0 Å². The number of hydrogen-bond acceptors (Lipinski definition) is 0. The summed E-state index contributed by atoms with van der Waals surface area (Å²) in [4.78, 5) is 0. The van der Waals surface area contributed by atoms with Crippen LogP contribution in [0.2, 0.25) is 0 Å². The third-order valence-electron chi connectivity index (χ3n) is 11.0. The minimum absolute atomic E-state index is 0.507. The molecule has 0 heterocycles. The molecule has 0 radical (unpaired) electrons. The van der Waals surface area contributed by atoms with E-state index in [4.69, 9.17) is 0 Å². The first-order valence-electron chi connectivity index (χ1n) is 13.0. The van der Waals surface area contributed by atoms with Gasteiger partial charge < -0.3 is 0 Å². The highest BCUT2D eigenvalue weighted by molar-refractivity contribution is 5.30. The van der Waals surface area contributed by atoms with Crippen molar-refractivity contribution in [3.05, 3.63) is 23.3 Å². The molecule has 29 heavy (non-hydrogen) atoms. The molecule has 3 fully saturated rings. The van der Waals surface area contributed by atoms with E-state index in [1.54, 1.807) is 5.57 Å². The summed E-state index contributed by atoms with van der Waals surface area (Å²) in [6.07, 6.45) is 19.6. The Hall–Kier alpha value is -0.520. The van der Waals surface area contributed by atoms with Gasteiger partial charge in [-0.3, -0.25) is 0 Å². The molecule has 4 rings (SSSR count). The van der Waals surface area contributed by atoms with Crippen LogP contribution in [0.5, 0.6) is 0 Å². The highest BCUT2D eigenvalue weighted by Crippen LogP contribution is 2.67. The molecule has 0 aromatic rings.